The summed E-state index contributed by atoms with van der Waals surface area (Å²) in [6.07, 6.45) is 0.733. The minimum Gasteiger partial charge on any atom is -0.476 e. The van der Waals surface area contributed by atoms with Crippen molar-refractivity contribution in [3.05, 3.63) is 38.0 Å². The topological polar surface area (TPSA) is 50.2 Å². The molecule has 0 fully saturated rings. The summed E-state index contributed by atoms with van der Waals surface area (Å²) in [6, 6.07) is 4.01. The van der Waals surface area contributed by atoms with Crippen LogP contribution in [0.3, 0.4) is 0 Å². The Labute approximate surface area is 95.0 Å². The van der Waals surface area contributed by atoms with Crippen molar-refractivity contribution in [2.24, 2.45) is 0 Å². The molecular formula is C10H9NO2S2. The molecule has 0 aliphatic heterocycles. The Balaban J connectivity index is 2.23. The van der Waals surface area contributed by atoms with Crippen LogP contribution in [-0.4, -0.2) is 16.1 Å². The van der Waals surface area contributed by atoms with Gasteiger partial charge in [-0.05, 0) is 18.4 Å². The van der Waals surface area contributed by atoms with Gasteiger partial charge in [-0.1, -0.05) is 6.07 Å². The zero-order valence-corrected chi connectivity index (χ0v) is 9.69. The maximum absolute atomic E-state index is 10.8. The van der Waals surface area contributed by atoms with Crippen molar-refractivity contribution in [1.29, 1.82) is 0 Å². The quantitative estimate of drug-likeness (QED) is 0.896. The van der Waals surface area contributed by atoms with Gasteiger partial charge in [0.25, 0.3) is 0 Å². The van der Waals surface area contributed by atoms with E-state index >= 15 is 0 Å². The molecule has 2 heterocycles. The van der Waals surface area contributed by atoms with Crippen molar-refractivity contribution >= 4 is 28.6 Å². The maximum Gasteiger partial charge on any atom is 0.355 e. The molecule has 0 spiro atoms. The van der Waals surface area contributed by atoms with Crippen LogP contribution in [0.2, 0.25) is 0 Å². The Morgan fingerprint density at radius 3 is 2.93 bits per heavy atom. The fraction of sp³-hybridized carbons (Fsp3) is 0.200. The third kappa shape index (κ3) is 2.24. The number of thiazole rings is 1. The van der Waals surface area contributed by atoms with Gasteiger partial charge in [-0.15, -0.1) is 22.7 Å². The summed E-state index contributed by atoms with van der Waals surface area (Å²) in [5.74, 6) is -0.943. The van der Waals surface area contributed by atoms with Gasteiger partial charge in [0.2, 0.25) is 0 Å². The van der Waals surface area contributed by atoms with Crippen molar-refractivity contribution in [3.63, 3.8) is 0 Å². The van der Waals surface area contributed by atoms with Crippen LogP contribution in [0, 0.1) is 6.92 Å². The highest BCUT2D eigenvalue weighted by Crippen LogP contribution is 2.22. The van der Waals surface area contributed by atoms with Gasteiger partial charge in [0.15, 0.2) is 5.69 Å². The molecule has 0 amide bonds. The lowest BCUT2D eigenvalue weighted by Gasteiger charge is -1.89. The van der Waals surface area contributed by atoms with Crippen molar-refractivity contribution in [1.82, 2.24) is 4.98 Å². The lowest BCUT2D eigenvalue weighted by atomic mass is 10.3. The molecule has 5 heteroatoms. The Kier molecular flexibility index (Phi) is 2.83. The van der Waals surface area contributed by atoms with Gasteiger partial charge in [0.05, 0.1) is 5.01 Å². The van der Waals surface area contributed by atoms with Crippen molar-refractivity contribution in [2.45, 2.75) is 13.3 Å². The molecule has 2 aromatic heterocycles. The molecule has 0 aliphatic rings. The molecule has 78 valence electrons. The Hall–Kier alpha value is -1.20. The molecule has 0 saturated carbocycles. The molecule has 0 radical (unpaired) electrons. The number of aromatic carboxylic acids is 1. The van der Waals surface area contributed by atoms with E-state index in [9.17, 15) is 4.79 Å². The van der Waals surface area contributed by atoms with E-state index in [1.807, 2.05) is 17.5 Å². The molecule has 0 bridgehead atoms. The molecule has 15 heavy (non-hydrogen) atoms. The SMILES string of the molecule is Cc1sc(Cc2cccs2)nc1C(=O)O. The largest absolute Gasteiger partial charge is 0.476 e. The number of thiophene rings is 1. The second-order valence-electron chi connectivity index (χ2n) is 3.07. The van der Waals surface area contributed by atoms with E-state index in [1.54, 1.807) is 18.3 Å². The molecule has 0 atom stereocenters. The lowest BCUT2D eigenvalue weighted by molar-refractivity contribution is 0.0690. The van der Waals surface area contributed by atoms with Crippen LogP contribution < -0.4 is 0 Å². The van der Waals surface area contributed by atoms with E-state index in [4.69, 9.17) is 5.11 Å². The number of rotatable bonds is 3. The average molecular weight is 239 g/mol. The molecule has 3 nitrogen and oxygen atoms in total. The first kappa shape index (κ1) is 10.3. The molecule has 2 rings (SSSR count). The number of carboxylic acid groups (broad SMARTS) is 1. The summed E-state index contributed by atoms with van der Waals surface area (Å²) in [5, 5.41) is 11.7. The Morgan fingerprint density at radius 1 is 1.60 bits per heavy atom. The van der Waals surface area contributed by atoms with E-state index in [-0.39, 0.29) is 5.69 Å². The molecule has 0 aliphatic carbocycles. The summed E-state index contributed by atoms with van der Waals surface area (Å²) in [4.78, 5) is 16.9. The van der Waals surface area contributed by atoms with Crippen LogP contribution in [0.25, 0.3) is 0 Å². The van der Waals surface area contributed by atoms with Gasteiger partial charge in [-0.2, -0.15) is 0 Å². The molecule has 0 saturated heterocycles. The standard InChI is InChI=1S/C10H9NO2S2/c1-6-9(10(12)13)11-8(15-6)5-7-3-2-4-14-7/h2-4H,5H2,1H3,(H,12,13). The number of aromatic nitrogens is 1. The highest BCUT2D eigenvalue weighted by Gasteiger charge is 2.14. The Morgan fingerprint density at radius 2 is 2.40 bits per heavy atom. The summed E-state index contributed by atoms with van der Waals surface area (Å²) >= 11 is 3.12. The van der Waals surface area contributed by atoms with E-state index in [2.05, 4.69) is 4.98 Å². The van der Waals surface area contributed by atoms with Gasteiger partial charge >= 0.3 is 5.97 Å². The zero-order valence-electron chi connectivity index (χ0n) is 8.06. The number of hydrogen-bond acceptors (Lipinski definition) is 4. The molecule has 1 N–H and O–H groups in total. The minimum atomic E-state index is -0.943. The van der Waals surface area contributed by atoms with E-state index in [1.165, 1.54) is 16.2 Å². The molecular weight excluding hydrogens is 230 g/mol. The van der Waals surface area contributed by atoms with Gasteiger partial charge < -0.3 is 5.11 Å². The summed E-state index contributed by atoms with van der Waals surface area (Å²) < 4.78 is 0. The van der Waals surface area contributed by atoms with Crippen LogP contribution in [0.5, 0.6) is 0 Å². The normalized spacial score (nSPS) is 10.5. The second kappa shape index (κ2) is 4.12. The van der Waals surface area contributed by atoms with E-state index in [0.29, 0.717) is 0 Å². The van der Waals surface area contributed by atoms with Crippen LogP contribution in [0.15, 0.2) is 17.5 Å². The van der Waals surface area contributed by atoms with Gasteiger partial charge in [-0.3, -0.25) is 0 Å². The molecule has 0 unspecified atom stereocenters. The van der Waals surface area contributed by atoms with Crippen LogP contribution >= 0.6 is 22.7 Å². The number of aryl methyl sites for hydroxylation is 1. The monoisotopic (exact) mass is 239 g/mol. The first-order chi connectivity index (χ1) is 7.16. The van der Waals surface area contributed by atoms with Gasteiger partial charge in [0, 0.05) is 16.2 Å². The summed E-state index contributed by atoms with van der Waals surface area (Å²) in [6.45, 7) is 1.79. The number of carboxylic acids is 1. The Bertz CT molecular complexity index is 474. The van der Waals surface area contributed by atoms with Crippen molar-refractivity contribution in [3.8, 4) is 0 Å². The van der Waals surface area contributed by atoms with Crippen LogP contribution in [0.1, 0.15) is 25.3 Å². The zero-order chi connectivity index (χ0) is 10.8. The maximum atomic E-state index is 10.8. The third-order valence-corrected chi connectivity index (χ3v) is 3.80. The fourth-order valence-corrected chi connectivity index (χ4v) is 3.04. The van der Waals surface area contributed by atoms with Crippen molar-refractivity contribution in [2.75, 3.05) is 0 Å². The lowest BCUT2D eigenvalue weighted by Crippen LogP contribution is -1.98. The molecule has 2 aromatic rings. The highest BCUT2D eigenvalue weighted by atomic mass is 32.1. The third-order valence-electron chi connectivity index (χ3n) is 1.95. The smallest absolute Gasteiger partial charge is 0.355 e. The summed E-state index contributed by atoms with van der Waals surface area (Å²) in [5.41, 5.74) is 0.187. The first-order valence-electron chi connectivity index (χ1n) is 4.39. The predicted molar refractivity (Wildman–Crippen MR) is 60.9 cm³/mol. The number of nitrogens with zero attached hydrogens (tertiary/aromatic N) is 1. The first-order valence-corrected chi connectivity index (χ1v) is 6.08. The average Bonchev–Trinajstić information content (AvgIpc) is 2.75. The fourth-order valence-electron chi connectivity index (χ4n) is 1.29. The van der Waals surface area contributed by atoms with Crippen LogP contribution in [-0.2, 0) is 6.42 Å². The number of carbonyl (C=O) groups is 1. The number of hydrogen-bond donors (Lipinski definition) is 1. The predicted octanol–water partition coefficient (Wildman–Crippen LogP) is 2.80. The van der Waals surface area contributed by atoms with Crippen LogP contribution in [0.4, 0.5) is 0 Å². The minimum absolute atomic E-state index is 0.187. The van der Waals surface area contributed by atoms with Gasteiger partial charge in [0.1, 0.15) is 0 Å². The van der Waals surface area contributed by atoms with E-state index < -0.39 is 5.97 Å². The summed E-state index contributed by atoms with van der Waals surface area (Å²) in [7, 11) is 0. The molecule has 0 aromatic carbocycles. The highest BCUT2D eigenvalue weighted by molar-refractivity contribution is 7.12. The van der Waals surface area contributed by atoms with E-state index in [0.717, 1.165) is 16.3 Å². The van der Waals surface area contributed by atoms with Crippen molar-refractivity contribution < 1.29 is 9.90 Å². The second-order valence-corrected chi connectivity index (χ2v) is 5.39. The van der Waals surface area contributed by atoms with Gasteiger partial charge in [-0.25, -0.2) is 9.78 Å².